The molecule has 0 aliphatic rings. The van der Waals surface area contributed by atoms with Gasteiger partial charge in [0.25, 0.3) is 11.6 Å². The number of hydrogen-bond acceptors (Lipinski definition) is 5. The number of nitrogens with zero attached hydrogens (tertiary/aromatic N) is 2. The van der Waals surface area contributed by atoms with E-state index in [2.05, 4.69) is 15.5 Å². The zero-order valence-corrected chi connectivity index (χ0v) is 10.4. The van der Waals surface area contributed by atoms with E-state index in [0.717, 1.165) is 0 Å². The minimum atomic E-state index is -0.203. The molecule has 2 aromatic rings. The number of fused-ring (bicyclic) bond motifs is 1. The second kappa shape index (κ2) is 5.14. The lowest BCUT2D eigenvalue weighted by molar-refractivity contribution is 0.0952. The normalized spacial score (nSPS) is 10.8. The van der Waals surface area contributed by atoms with Crippen LogP contribution in [0.5, 0.6) is 0 Å². The third-order valence-corrected chi connectivity index (χ3v) is 2.61. The first-order chi connectivity index (χ1) is 8.63. The number of aliphatic hydroxyl groups is 1. The third kappa shape index (κ3) is 2.33. The van der Waals surface area contributed by atoms with E-state index in [4.69, 9.17) is 9.63 Å². The molecule has 0 bridgehead atoms. The van der Waals surface area contributed by atoms with E-state index in [1.807, 2.05) is 0 Å². The van der Waals surface area contributed by atoms with Crippen LogP contribution in [0, 0.1) is 13.8 Å². The number of amides is 1. The first kappa shape index (κ1) is 12.5. The van der Waals surface area contributed by atoms with Gasteiger partial charge in [-0.2, -0.15) is 0 Å². The molecular formula is C12H15N3O3. The fraction of sp³-hybridized carbons (Fsp3) is 0.417. The molecule has 2 heterocycles. The lowest BCUT2D eigenvalue weighted by Gasteiger charge is -2.05. The molecule has 0 aromatic carbocycles. The number of aryl methyl sites for hydroxylation is 2. The minimum Gasteiger partial charge on any atom is -0.396 e. The summed E-state index contributed by atoms with van der Waals surface area (Å²) in [6.07, 6.45) is 0.529. The summed E-state index contributed by atoms with van der Waals surface area (Å²) in [6, 6.07) is 1.71. The number of rotatable bonds is 4. The summed E-state index contributed by atoms with van der Waals surface area (Å²) in [6.45, 7) is 4.05. The van der Waals surface area contributed by atoms with Crippen LogP contribution >= 0.6 is 0 Å². The Morgan fingerprint density at radius 3 is 3.00 bits per heavy atom. The van der Waals surface area contributed by atoms with Crippen LogP contribution in [0.1, 0.15) is 28.2 Å². The van der Waals surface area contributed by atoms with Crippen molar-refractivity contribution < 1.29 is 14.4 Å². The van der Waals surface area contributed by atoms with Crippen LogP contribution in [0.25, 0.3) is 11.1 Å². The molecule has 0 saturated heterocycles. The predicted octanol–water partition coefficient (Wildman–Crippen LogP) is 0.952. The average molecular weight is 249 g/mol. The number of aliphatic hydroxyl groups excluding tert-OH is 1. The molecule has 0 aliphatic heterocycles. The maximum atomic E-state index is 12.0. The molecule has 18 heavy (non-hydrogen) atoms. The Balaban J connectivity index is 2.36. The van der Waals surface area contributed by atoms with E-state index in [0.29, 0.717) is 41.0 Å². The largest absolute Gasteiger partial charge is 0.396 e. The van der Waals surface area contributed by atoms with E-state index >= 15 is 0 Å². The van der Waals surface area contributed by atoms with E-state index in [9.17, 15) is 4.79 Å². The molecule has 2 rings (SSSR count). The van der Waals surface area contributed by atoms with Crippen LogP contribution in [0.2, 0.25) is 0 Å². The summed E-state index contributed by atoms with van der Waals surface area (Å²) in [5, 5.41) is 15.9. The molecule has 6 nitrogen and oxygen atoms in total. The van der Waals surface area contributed by atoms with Gasteiger partial charge in [-0.1, -0.05) is 5.16 Å². The zero-order chi connectivity index (χ0) is 13.1. The van der Waals surface area contributed by atoms with Gasteiger partial charge < -0.3 is 14.9 Å². The maximum Gasteiger partial charge on any atom is 0.258 e. The quantitative estimate of drug-likeness (QED) is 0.788. The molecule has 0 spiro atoms. The standard InChI is InChI=1S/C12H15N3O3/c1-7-6-9(11(17)13-4-3-5-16)10-8(2)15-18-12(10)14-7/h6,16H,3-5H2,1-2H3,(H,13,17). The van der Waals surface area contributed by atoms with E-state index in [1.54, 1.807) is 19.9 Å². The van der Waals surface area contributed by atoms with Gasteiger partial charge in [-0.3, -0.25) is 4.79 Å². The zero-order valence-electron chi connectivity index (χ0n) is 10.4. The van der Waals surface area contributed by atoms with Gasteiger partial charge in [0.2, 0.25) is 0 Å². The van der Waals surface area contributed by atoms with Crippen molar-refractivity contribution in [1.29, 1.82) is 0 Å². The Kier molecular flexibility index (Phi) is 3.57. The lowest BCUT2D eigenvalue weighted by Crippen LogP contribution is -2.25. The average Bonchev–Trinajstić information content (AvgIpc) is 2.70. The van der Waals surface area contributed by atoms with Crippen molar-refractivity contribution in [3.63, 3.8) is 0 Å². The summed E-state index contributed by atoms with van der Waals surface area (Å²) in [5.41, 5.74) is 2.23. The first-order valence-electron chi connectivity index (χ1n) is 5.76. The number of aromatic nitrogens is 2. The van der Waals surface area contributed by atoms with Gasteiger partial charge in [-0.15, -0.1) is 0 Å². The van der Waals surface area contributed by atoms with Gasteiger partial charge in [-0.05, 0) is 26.3 Å². The Labute approximate surface area is 104 Å². The lowest BCUT2D eigenvalue weighted by atomic mass is 10.1. The molecule has 96 valence electrons. The fourth-order valence-corrected chi connectivity index (χ4v) is 1.77. The molecule has 0 aliphatic carbocycles. The number of pyridine rings is 1. The molecule has 0 unspecified atom stereocenters. The van der Waals surface area contributed by atoms with Crippen LogP contribution in [-0.2, 0) is 0 Å². The smallest absolute Gasteiger partial charge is 0.258 e. The second-order valence-corrected chi connectivity index (χ2v) is 4.09. The Morgan fingerprint density at radius 1 is 1.50 bits per heavy atom. The van der Waals surface area contributed by atoms with Crippen molar-refractivity contribution in [2.75, 3.05) is 13.2 Å². The fourth-order valence-electron chi connectivity index (χ4n) is 1.77. The summed E-state index contributed by atoms with van der Waals surface area (Å²) in [5.74, 6) is -0.203. The molecule has 0 saturated carbocycles. The van der Waals surface area contributed by atoms with Crippen LogP contribution in [0.15, 0.2) is 10.6 Å². The van der Waals surface area contributed by atoms with E-state index in [1.165, 1.54) is 0 Å². The van der Waals surface area contributed by atoms with E-state index in [-0.39, 0.29) is 12.5 Å². The van der Waals surface area contributed by atoms with Crippen molar-refractivity contribution in [2.24, 2.45) is 0 Å². The number of hydrogen-bond donors (Lipinski definition) is 2. The summed E-state index contributed by atoms with van der Waals surface area (Å²) < 4.78 is 5.06. The second-order valence-electron chi connectivity index (χ2n) is 4.09. The molecule has 6 heteroatoms. The summed E-state index contributed by atoms with van der Waals surface area (Å²) in [4.78, 5) is 16.2. The van der Waals surface area contributed by atoms with Gasteiger partial charge in [0.1, 0.15) is 0 Å². The molecule has 0 radical (unpaired) electrons. The summed E-state index contributed by atoms with van der Waals surface area (Å²) >= 11 is 0. The van der Waals surface area contributed by atoms with Crippen LogP contribution < -0.4 is 5.32 Å². The number of carbonyl (C=O) groups excluding carboxylic acids is 1. The number of carbonyl (C=O) groups is 1. The first-order valence-corrected chi connectivity index (χ1v) is 5.76. The topological polar surface area (TPSA) is 88.2 Å². The Bertz CT molecular complexity index is 577. The highest BCUT2D eigenvalue weighted by Crippen LogP contribution is 2.21. The molecule has 0 fully saturated rings. The monoisotopic (exact) mass is 249 g/mol. The van der Waals surface area contributed by atoms with Crippen LogP contribution in [0.3, 0.4) is 0 Å². The molecule has 1 amide bonds. The highest BCUT2D eigenvalue weighted by atomic mass is 16.5. The maximum absolute atomic E-state index is 12.0. The van der Waals surface area contributed by atoms with E-state index < -0.39 is 0 Å². The van der Waals surface area contributed by atoms with Gasteiger partial charge in [0.05, 0.1) is 16.6 Å². The SMILES string of the molecule is Cc1cc(C(=O)NCCCO)c2c(C)noc2n1. The Morgan fingerprint density at radius 2 is 2.28 bits per heavy atom. The third-order valence-electron chi connectivity index (χ3n) is 2.61. The van der Waals surface area contributed by atoms with Crippen molar-refractivity contribution in [3.8, 4) is 0 Å². The van der Waals surface area contributed by atoms with Gasteiger partial charge >= 0.3 is 0 Å². The van der Waals surface area contributed by atoms with Crippen molar-refractivity contribution >= 4 is 17.0 Å². The highest BCUT2D eigenvalue weighted by Gasteiger charge is 2.17. The molecule has 2 N–H and O–H groups in total. The van der Waals surface area contributed by atoms with Crippen molar-refractivity contribution in [2.45, 2.75) is 20.3 Å². The van der Waals surface area contributed by atoms with Crippen molar-refractivity contribution in [3.05, 3.63) is 23.0 Å². The number of nitrogens with one attached hydrogen (secondary N) is 1. The molecule has 2 aromatic heterocycles. The molecular weight excluding hydrogens is 234 g/mol. The highest BCUT2D eigenvalue weighted by molar-refractivity contribution is 6.05. The van der Waals surface area contributed by atoms with Gasteiger partial charge in [0.15, 0.2) is 0 Å². The van der Waals surface area contributed by atoms with Crippen LogP contribution in [0.4, 0.5) is 0 Å². The Hall–Kier alpha value is -1.95. The van der Waals surface area contributed by atoms with Gasteiger partial charge in [0, 0.05) is 18.8 Å². The molecule has 0 atom stereocenters. The van der Waals surface area contributed by atoms with Crippen LogP contribution in [-0.4, -0.2) is 34.3 Å². The predicted molar refractivity (Wildman–Crippen MR) is 65.3 cm³/mol. The minimum absolute atomic E-state index is 0.0529. The van der Waals surface area contributed by atoms with Crippen molar-refractivity contribution in [1.82, 2.24) is 15.5 Å². The van der Waals surface area contributed by atoms with Gasteiger partial charge in [-0.25, -0.2) is 4.98 Å². The summed E-state index contributed by atoms with van der Waals surface area (Å²) in [7, 11) is 0.